The molecule has 100 valence electrons. The smallest absolute Gasteiger partial charge is 0.271 e. The van der Waals surface area contributed by atoms with Crippen molar-refractivity contribution in [1.82, 2.24) is 19.7 Å². The molecule has 0 aromatic carbocycles. The van der Waals surface area contributed by atoms with Crippen LogP contribution in [0.3, 0.4) is 0 Å². The number of imidazole rings is 1. The second-order valence-electron chi connectivity index (χ2n) is 4.60. The highest BCUT2D eigenvalue weighted by atomic mass is 16.1. The van der Waals surface area contributed by atoms with Gasteiger partial charge in [0.1, 0.15) is 11.3 Å². The van der Waals surface area contributed by atoms with Gasteiger partial charge in [-0.15, -0.1) is 0 Å². The monoisotopic (exact) mass is 266 g/mol. The van der Waals surface area contributed by atoms with Gasteiger partial charge in [-0.1, -0.05) is 6.07 Å². The van der Waals surface area contributed by atoms with E-state index >= 15 is 0 Å². The fourth-order valence-electron chi connectivity index (χ4n) is 1.96. The van der Waals surface area contributed by atoms with Crippen LogP contribution in [0.1, 0.15) is 21.7 Å². The molecule has 3 heterocycles. The van der Waals surface area contributed by atoms with Crippen molar-refractivity contribution >= 4 is 11.6 Å². The van der Waals surface area contributed by atoms with Gasteiger partial charge in [0.2, 0.25) is 0 Å². The fourth-order valence-corrected chi connectivity index (χ4v) is 1.96. The van der Waals surface area contributed by atoms with Crippen molar-refractivity contribution in [2.45, 2.75) is 13.5 Å². The molecular formula is C15H14N4O. The normalized spacial score (nSPS) is 10.7. The number of rotatable bonds is 3. The predicted octanol–water partition coefficient (Wildman–Crippen LogP) is 1.97. The Morgan fingerprint density at radius 3 is 3.05 bits per heavy atom. The minimum absolute atomic E-state index is 0.197. The Bertz CT molecular complexity index is 749. The Kier molecular flexibility index (Phi) is 3.16. The van der Waals surface area contributed by atoms with Crippen LogP contribution in [0, 0.1) is 6.92 Å². The van der Waals surface area contributed by atoms with E-state index in [2.05, 4.69) is 15.3 Å². The van der Waals surface area contributed by atoms with E-state index < -0.39 is 0 Å². The Hall–Kier alpha value is -2.69. The third kappa shape index (κ3) is 2.51. The highest BCUT2D eigenvalue weighted by Crippen LogP contribution is 2.07. The molecule has 3 rings (SSSR count). The number of aryl methyl sites for hydroxylation is 1. The van der Waals surface area contributed by atoms with Gasteiger partial charge in [0.15, 0.2) is 0 Å². The Morgan fingerprint density at radius 2 is 2.25 bits per heavy atom. The van der Waals surface area contributed by atoms with Crippen molar-refractivity contribution < 1.29 is 4.79 Å². The van der Waals surface area contributed by atoms with E-state index in [9.17, 15) is 4.79 Å². The number of carbonyl (C=O) groups excluding carboxylic acids is 1. The van der Waals surface area contributed by atoms with Crippen LogP contribution < -0.4 is 5.32 Å². The van der Waals surface area contributed by atoms with Crippen molar-refractivity contribution in [3.05, 3.63) is 65.9 Å². The van der Waals surface area contributed by atoms with Gasteiger partial charge < -0.3 is 9.72 Å². The van der Waals surface area contributed by atoms with Gasteiger partial charge >= 0.3 is 0 Å². The molecule has 3 aromatic rings. The highest BCUT2D eigenvalue weighted by molar-refractivity contribution is 5.92. The number of aromatic nitrogens is 3. The number of pyridine rings is 2. The van der Waals surface area contributed by atoms with Gasteiger partial charge in [-0.2, -0.15) is 0 Å². The minimum atomic E-state index is -0.197. The molecule has 0 aliphatic heterocycles. The first-order valence-corrected chi connectivity index (χ1v) is 6.36. The van der Waals surface area contributed by atoms with Crippen LogP contribution in [0.5, 0.6) is 0 Å². The van der Waals surface area contributed by atoms with E-state index in [0.29, 0.717) is 12.2 Å². The molecular weight excluding hydrogens is 252 g/mol. The molecule has 0 aliphatic rings. The molecule has 0 radical (unpaired) electrons. The largest absolute Gasteiger partial charge is 0.345 e. The topological polar surface area (TPSA) is 59.3 Å². The second-order valence-corrected chi connectivity index (χ2v) is 4.60. The fraction of sp³-hybridized carbons (Fsp3) is 0.133. The summed E-state index contributed by atoms with van der Waals surface area (Å²) in [4.78, 5) is 20.5. The lowest BCUT2D eigenvalue weighted by Gasteiger charge is -2.01. The average molecular weight is 266 g/mol. The summed E-state index contributed by atoms with van der Waals surface area (Å²) in [5, 5.41) is 2.81. The zero-order chi connectivity index (χ0) is 13.9. The lowest BCUT2D eigenvalue weighted by Crippen LogP contribution is -2.23. The number of hydrogen-bond donors (Lipinski definition) is 1. The van der Waals surface area contributed by atoms with Gasteiger partial charge in [-0.05, 0) is 36.8 Å². The summed E-state index contributed by atoms with van der Waals surface area (Å²) in [6.45, 7) is 2.39. The van der Waals surface area contributed by atoms with E-state index in [1.807, 2.05) is 47.9 Å². The molecule has 0 bridgehead atoms. The van der Waals surface area contributed by atoms with Gasteiger partial charge in [0.25, 0.3) is 5.91 Å². The van der Waals surface area contributed by atoms with E-state index in [-0.39, 0.29) is 5.91 Å². The van der Waals surface area contributed by atoms with Gasteiger partial charge in [0, 0.05) is 18.6 Å². The predicted molar refractivity (Wildman–Crippen MR) is 75.3 cm³/mol. The molecule has 5 nitrogen and oxygen atoms in total. The summed E-state index contributed by atoms with van der Waals surface area (Å²) in [6, 6.07) is 9.52. The van der Waals surface area contributed by atoms with Crippen LogP contribution in [0.25, 0.3) is 5.65 Å². The molecule has 0 aliphatic carbocycles. The Balaban J connectivity index is 1.75. The zero-order valence-electron chi connectivity index (χ0n) is 11.1. The van der Waals surface area contributed by atoms with E-state index in [0.717, 1.165) is 16.9 Å². The van der Waals surface area contributed by atoms with Crippen molar-refractivity contribution in [1.29, 1.82) is 0 Å². The first-order chi connectivity index (χ1) is 9.72. The van der Waals surface area contributed by atoms with E-state index in [1.165, 1.54) is 0 Å². The second kappa shape index (κ2) is 5.13. The summed E-state index contributed by atoms with van der Waals surface area (Å²) in [5.74, 6) is -0.197. The first-order valence-electron chi connectivity index (χ1n) is 6.36. The van der Waals surface area contributed by atoms with Crippen LogP contribution in [0.4, 0.5) is 0 Å². The lowest BCUT2D eigenvalue weighted by atomic mass is 10.3. The summed E-state index contributed by atoms with van der Waals surface area (Å²) >= 11 is 0. The zero-order valence-corrected chi connectivity index (χ0v) is 11.1. The number of nitrogens with zero attached hydrogens (tertiary/aromatic N) is 3. The minimum Gasteiger partial charge on any atom is -0.345 e. The van der Waals surface area contributed by atoms with Crippen LogP contribution in [-0.2, 0) is 6.54 Å². The third-order valence-electron chi connectivity index (χ3n) is 3.00. The standard InChI is InChI=1S/C15H14N4O/c1-11-5-7-19-10-13(18-14(19)8-11)15(20)17-9-12-4-2-3-6-16-12/h2-8,10H,9H2,1H3,(H,17,20). The lowest BCUT2D eigenvalue weighted by molar-refractivity contribution is 0.0946. The number of carbonyl (C=O) groups is 1. The molecule has 1 amide bonds. The Labute approximate surface area is 116 Å². The van der Waals surface area contributed by atoms with E-state index in [1.54, 1.807) is 12.4 Å². The van der Waals surface area contributed by atoms with Crippen molar-refractivity contribution in [2.75, 3.05) is 0 Å². The molecule has 0 saturated carbocycles. The summed E-state index contributed by atoms with van der Waals surface area (Å²) in [6.07, 6.45) is 5.32. The van der Waals surface area contributed by atoms with Crippen LogP contribution in [0.15, 0.2) is 48.9 Å². The van der Waals surface area contributed by atoms with Crippen molar-refractivity contribution in [3.8, 4) is 0 Å². The van der Waals surface area contributed by atoms with Crippen molar-refractivity contribution in [3.63, 3.8) is 0 Å². The number of nitrogens with one attached hydrogen (secondary N) is 1. The van der Waals surface area contributed by atoms with Crippen molar-refractivity contribution in [2.24, 2.45) is 0 Å². The number of fused-ring (bicyclic) bond motifs is 1. The quantitative estimate of drug-likeness (QED) is 0.788. The maximum absolute atomic E-state index is 12.1. The SMILES string of the molecule is Cc1ccn2cc(C(=O)NCc3ccccn3)nc2c1. The van der Waals surface area contributed by atoms with Gasteiger partial charge in [-0.25, -0.2) is 4.98 Å². The molecule has 1 N–H and O–H groups in total. The summed E-state index contributed by atoms with van der Waals surface area (Å²) < 4.78 is 1.84. The molecule has 0 unspecified atom stereocenters. The molecule has 20 heavy (non-hydrogen) atoms. The maximum atomic E-state index is 12.1. The summed E-state index contributed by atoms with van der Waals surface area (Å²) in [5.41, 5.74) is 3.11. The molecule has 0 spiro atoms. The van der Waals surface area contributed by atoms with E-state index in [4.69, 9.17) is 0 Å². The Morgan fingerprint density at radius 1 is 1.35 bits per heavy atom. The van der Waals surface area contributed by atoms with Crippen LogP contribution in [0.2, 0.25) is 0 Å². The summed E-state index contributed by atoms with van der Waals surface area (Å²) in [7, 11) is 0. The third-order valence-corrected chi connectivity index (χ3v) is 3.00. The van der Waals surface area contributed by atoms with Gasteiger partial charge in [0.05, 0.1) is 12.2 Å². The maximum Gasteiger partial charge on any atom is 0.271 e. The highest BCUT2D eigenvalue weighted by Gasteiger charge is 2.10. The molecule has 5 heteroatoms. The molecule has 0 saturated heterocycles. The van der Waals surface area contributed by atoms with Crippen LogP contribution >= 0.6 is 0 Å². The first kappa shape index (κ1) is 12.3. The number of hydrogen-bond acceptors (Lipinski definition) is 3. The van der Waals surface area contributed by atoms with Gasteiger partial charge in [-0.3, -0.25) is 9.78 Å². The molecule has 0 atom stereocenters. The van der Waals surface area contributed by atoms with Crippen LogP contribution in [-0.4, -0.2) is 20.3 Å². The average Bonchev–Trinajstić information content (AvgIpc) is 2.89. The molecule has 0 fully saturated rings. The number of amides is 1. The molecule has 3 aromatic heterocycles.